The average Bonchev–Trinajstić information content (AvgIpc) is 3.16. The van der Waals surface area contributed by atoms with Gasteiger partial charge in [-0.1, -0.05) is 6.04 Å². The molecule has 0 aliphatic carbocycles. The maximum Gasteiger partial charge on any atom is 0.166 e. The number of aryl methyl sites for hydroxylation is 1. The van der Waals surface area contributed by atoms with Crippen molar-refractivity contribution in [2.24, 2.45) is 5.72 Å². The minimum absolute atomic E-state index is 0.182. The van der Waals surface area contributed by atoms with Crippen LogP contribution in [0.25, 0.3) is 10.9 Å². The van der Waals surface area contributed by atoms with Gasteiger partial charge in [-0.3, -0.25) is 0 Å². The molecule has 5 heteroatoms. The van der Waals surface area contributed by atoms with Crippen LogP contribution in [0.15, 0.2) is 36.9 Å². The lowest BCUT2D eigenvalue weighted by Gasteiger charge is -2.03. The first kappa shape index (κ1) is 3.24. The first-order valence-electron chi connectivity index (χ1n) is 12.1. The maximum atomic E-state index is 8.51. The summed E-state index contributed by atoms with van der Waals surface area (Å²) in [6.07, 6.45) is -6.00. The topological polar surface area (TPSA) is 72.5 Å². The number of aromatic nitrogens is 4. The second-order valence-corrected chi connectivity index (χ2v) is 3.14. The monoisotopic (exact) mass is 256 g/mol. The third-order valence-corrected chi connectivity index (χ3v) is 2.06. The smallest absolute Gasteiger partial charge is 0.166 e. The summed E-state index contributed by atoms with van der Waals surface area (Å²) >= 11 is 0. The van der Waals surface area contributed by atoms with E-state index in [1.807, 2.05) is 0 Å². The summed E-state index contributed by atoms with van der Waals surface area (Å²) in [5, 5.41) is 2.67. The van der Waals surface area contributed by atoms with Crippen molar-refractivity contribution in [2.45, 2.75) is 12.9 Å². The molecular formula is C13H15N5. The van der Waals surface area contributed by atoms with Gasteiger partial charge in [-0.15, -0.1) is 0 Å². The number of hydrogen-bond donors (Lipinski definition) is 2. The standard InChI is InChI=1S/C13H15N5/c14-4-3-11-6-16-13-2-1-10(5-12(11)13)7-18-9-15-8-17-18/h1-2,5-6,8-9,16H,3-4,7,14H2/i1D,2D,3D2,4D2,5D,6D,7D2,8D,9D/hD3. The Bertz CT molecular complexity index is 1260. The van der Waals surface area contributed by atoms with E-state index in [2.05, 4.69) is 10.1 Å². The molecule has 0 spiro atoms. The van der Waals surface area contributed by atoms with Crippen LogP contribution in [-0.2, 0) is 12.9 Å². The van der Waals surface area contributed by atoms with Gasteiger partial charge in [0, 0.05) is 22.6 Å². The zero-order valence-electron chi connectivity index (χ0n) is 23.7. The largest absolute Gasteiger partial charge is 0.361 e. The Morgan fingerprint density at radius 2 is 2.61 bits per heavy atom. The van der Waals surface area contributed by atoms with Gasteiger partial charge in [-0.25, -0.2) is 9.67 Å². The van der Waals surface area contributed by atoms with Crippen molar-refractivity contribution in [1.29, 1.82) is 0 Å². The Labute approximate surface area is 126 Å². The number of H-pyrrole nitrogens is 1. The molecule has 2 aromatic heterocycles. The van der Waals surface area contributed by atoms with Crippen LogP contribution >= 0.6 is 0 Å². The number of nitrogens with two attached hydrogens (primary N) is 1. The molecule has 0 fully saturated rings. The number of fused-ring (bicyclic) bond motifs is 1. The van der Waals surface area contributed by atoms with E-state index < -0.39 is 84.0 Å². The van der Waals surface area contributed by atoms with Gasteiger partial charge in [0.25, 0.3) is 0 Å². The van der Waals surface area contributed by atoms with Crippen LogP contribution in [0.4, 0.5) is 0 Å². The van der Waals surface area contributed by atoms with E-state index in [9.17, 15) is 0 Å². The fourth-order valence-electron chi connectivity index (χ4n) is 1.35. The highest BCUT2D eigenvalue weighted by molar-refractivity contribution is 5.83. The molecule has 0 amide bonds. The van der Waals surface area contributed by atoms with Gasteiger partial charge in [0.05, 0.1) is 14.7 Å². The molecule has 3 rings (SSSR count). The van der Waals surface area contributed by atoms with E-state index in [-0.39, 0.29) is 9.66 Å². The summed E-state index contributed by atoms with van der Waals surface area (Å²) in [5.74, 6) is 0. The van der Waals surface area contributed by atoms with E-state index in [1.165, 1.54) is 0 Å². The third kappa shape index (κ3) is 2.00. The molecule has 0 aliphatic heterocycles. The molecule has 0 bridgehead atoms. The normalized spacial score (nSPS) is 25.7. The van der Waals surface area contributed by atoms with Crippen molar-refractivity contribution in [3.05, 3.63) is 48.0 Å². The summed E-state index contributed by atoms with van der Waals surface area (Å²) in [6.45, 7) is -6.45. The van der Waals surface area contributed by atoms with Crippen LogP contribution in [0.5, 0.6) is 0 Å². The Balaban J connectivity index is 2.52. The molecule has 5 nitrogen and oxygen atoms in total. The highest BCUT2D eigenvalue weighted by atomic mass is 15.3. The highest BCUT2D eigenvalue weighted by Crippen LogP contribution is 2.20. The molecule has 0 unspecified atom stereocenters. The summed E-state index contributed by atoms with van der Waals surface area (Å²) in [5.41, 5.74) is -3.17. The van der Waals surface area contributed by atoms with Gasteiger partial charge in [0.1, 0.15) is 18.2 Å². The van der Waals surface area contributed by atoms with Gasteiger partial charge in [0.15, 0.2) is 1.41 Å². The van der Waals surface area contributed by atoms with Crippen LogP contribution in [0, 0.1) is 0 Å². The predicted octanol–water partition coefficient (Wildman–Crippen LogP) is 1.31. The minimum Gasteiger partial charge on any atom is -0.361 e. The van der Waals surface area contributed by atoms with Gasteiger partial charge < -0.3 is 10.7 Å². The lowest BCUT2D eigenvalue weighted by Crippen LogP contribution is -2.02. The van der Waals surface area contributed by atoms with E-state index in [4.69, 9.17) is 20.7 Å². The summed E-state index contributed by atoms with van der Waals surface area (Å²) in [7, 11) is 0. The van der Waals surface area contributed by atoms with Crippen molar-refractivity contribution < 1.29 is 20.7 Å². The van der Waals surface area contributed by atoms with Gasteiger partial charge in [-0.05, 0) is 36.1 Å². The molecule has 0 atom stereocenters. The fraction of sp³-hybridized carbons (Fsp3) is 0.231. The van der Waals surface area contributed by atoms with Crippen LogP contribution in [0.2, 0.25) is 4.24 Å². The Hall–Kier alpha value is -2.14. The van der Waals surface area contributed by atoms with Crippen LogP contribution in [0.3, 0.4) is 0 Å². The lowest BCUT2D eigenvalue weighted by molar-refractivity contribution is 0.685. The number of nitrogens with zero attached hydrogens (tertiary/aromatic N) is 3. The van der Waals surface area contributed by atoms with Crippen molar-refractivity contribution in [3.63, 3.8) is 0 Å². The molecule has 3 N–H and O–H groups in total. The summed E-state index contributed by atoms with van der Waals surface area (Å²) < 4.78 is 120. The van der Waals surface area contributed by atoms with Gasteiger partial charge >= 0.3 is 0 Å². The molecule has 3 aromatic rings. The molecular weight excluding hydrogens is 226 g/mol. The third-order valence-electron chi connectivity index (χ3n) is 2.06. The van der Waals surface area contributed by atoms with E-state index >= 15 is 0 Å². The molecule has 18 heavy (non-hydrogen) atoms. The minimum atomic E-state index is -3.41. The van der Waals surface area contributed by atoms with Gasteiger partial charge in [-0.2, -0.15) is 5.10 Å². The number of hydrogen-bond acceptors (Lipinski definition) is 3. The number of nitrogens with one attached hydrogen (secondary N) is 1. The van der Waals surface area contributed by atoms with Crippen molar-refractivity contribution in [1.82, 2.24) is 19.7 Å². The quantitative estimate of drug-likeness (QED) is 0.723. The Kier molecular flexibility index (Phi) is 0.832. The average molecular weight is 256 g/mol. The van der Waals surface area contributed by atoms with Crippen molar-refractivity contribution in [3.8, 4) is 0 Å². The second-order valence-electron chi connectivity index (χ2n) is 3.14. The molecule has 0 radical (unpaired) electrons. The van der Waals surface area contributed by atoms with Crippen LogP contribution in [0.1, 0.15) is 27.6 Å². The zero-order valence-corrected chi connectivity index (χ0v) is 8.74. The second kappa shape index (κ2) is 4.62. The highest BCUT2D eigenvalue weighted by Gasteiger charge is 2.04. The van der Waals surface area contributed by atoms with Crippen LogP contribution < -0.4 is 5.72 Å². The van der Waals surface area contributed by atoms with Crippen molar-refractivity contribution >= 4 is 10.9 Å². The van der Waals surface area contributed by atoms with E-state index in [1.54, 1.807) is 0 Å². The van der Waals surface area contributed by atoms with Crippen LogP contribution in [-0.4, -0.2) is 26.2 Å². The molecule has 92 valence electrons. The van der Waals surface area contributed by atoms with Crippen molar-refractivity contribution in [2.75, 3.05) is 6.50 Å². The summed E-state index contributed by atoms with van der Waals surface area (Å²) in [6, 6.07) is -2.83. The SMILES string of the molecule is [2H]c1nc([2H])n(C([2H])([2H])c2c([2H])c([2H])c3c(c2[2H])c(C([2H])([2H])C([2H])([2H])N([2H])[2H])c([2H])n3[2H])n1. The number of aromatic amines is 1. The molecule has 0 saturated carbocycles. The first-order valence-corrected chi connectivity index (χ1v) is 4.74. The van der Waals surface area contributed by atoms with E-state index in [0.717, 1.165) is 0 Å². The maximum absolute atomic E-state index is 8.51. The summed E-state index contributed by atoms with van der Waals surface area (Å²) in [4.78, 5) is 3.51. The number of rotatable bonds is 5. The van der Waals surface area contributed by atoms with Gasteiger partial charge in [0.2, 0.25) is 0 Å². The predicted molar refractivity (Wildman–Crippen MR) is 70.2 cm³/mol. The molecule has 2 heterocycles. The molecule has 0 saturated heterocycles. The zero-order chi connectivity index (χ0) is 25.4. The first-order chi connectivity index (χ1) is 14.9. The molecule has 0 aliphatic rings. The Morgan fingerprint density at radius 1 is 1.61 bits per heavy atom. The van der Waals surface area contributed by atoms with E-state index in [0.29, 0.717) is 0 Å². The molecule has 1 aromatic carbocycles. The lowest BCUT2D eigenvalue weighted by atomic mass is 10.1. The Morgan fingerprint density at radius 3 is 3.44 bits per heavy atom. The number of benzene rings is 1. The fourth-order valence-corrected chi connectivity index (χ4v) is 1.35.